The van der Waals surface area contributed by atoms with Gasteiger partial charge in [-0.15, -0.1) is 0 Å². The van der Waals surface area contributed by atoms with Gasteiger partial charge in [0.05, 0.1) is 18.7 Å². The number of fused-ring (bicyclic) bond motifs is 1. The van der Waals surface area contributed by atoms with Crippen LogP contribution >= 0.6 is 0 Å². The molecule has 6 heteroatoms. The van der Waals surface area contributed by atoms with Gasteiger partial charge in [-0.25, -0.2) is 4.79 Å². The number of hydrogen-bond acceptors (Lipinski definition) is 5. The van der Waals surface area contributed by atoms with Gasteiger partial charge in [0.15, 0.2) is 11.5 Å². The van der Waals surface area contributed by atoms with Gasteiger partial charge >= 0.3 is 5.97 Å². The van der Waals surface area contributed by atoms with E-state index in [0.29, 0.717) is 30.9 Å². The van der Waals surface area contributed by atoms with Gasteiger partial charge in [-0.1, -0.05) is 6.07 Å². The van der Waals surface area contributed by atoms with E-state index in [1.165, 1.54) is 7.11 Å². The first kappa shape index (κ1) is 17.4. The van der Waals surface area contributed by atoms with Crippen molar-refractivity contribution in [3.05, 3.63) is 59.2 Å². The fourth-order valence-corrected chi connectivity index (χ4v) is 3.66. The molecule has 0 saturated carbocycles. The molecular formula is C21H21NO5. The van der Waals surface area contributed by atoms with Crippen molar-refractivity contribution in [3.8, 4) is 11.5 Å². The van der Waals surface area contributed by atoms with Gasteiger partial charge in [0.1, 0.15) is 13.2 Å². The normalized spacial score (nSPS) is 18.3. The monoisotopic (exact) mass is 367 g/mol. The molecule has 1 atom stereocenters. The van der Waals surface area contributed by atoms with Crippen molar-refractivity contribution in [1.82, 2.24) is 4.90 Å². The number of nitrogens with zero attached hydrogens (tertiary/aromatic N) is 1. The molecule has 0 N–H and O–H groups in total. The standard InChI is InChI=1S/C21H21NO5/c1-25-21(24)15-6-4-14(5-7-15)20(23)22-10-2-3-17(22)16-8-9-18-19(13-16)27-12-11-26-18/h4-9,13,17H,2-3,10-12H2,1H3/t17-/m1/s1. The van der Waals surface area contributed by atoms with Gasteiger partial charge in [-0.2, -0.15) is 0 Å². The third kappa shape index (κ3) is 3.35. The third-order valence-corrected chi connectivity index (χ3v) is 5.02. The van der Waals surface area contributed by atoms with Crippen molar-refractivity contribution in [2.75, 3.05) is 26.9 Å². The molecule has 2 aromatic carbocycles. The summed E-state index contributed by atoms with van der Waals surface area (Å²) < 4.78 is 16.0. The fraction of sp³-hybridized carbons (Fsp3) is 0.333. The van der Waals surface area contributed by atoms with Crippen LogP contribution in [-0.2, 0) is 4.74 Å². The molecule has 6 nitrogen and oxygen atoms in total. The van der Waals surface area contributed by atoms with Gasteiger partial charge in [-0.3, -0.25) is 4.79 Å². The molecule has 4 rings (SSSR count). The number of amides is 1. The highest BCUT2D eigenvalue weighted by atomic mass is 16.6. The summed E-state index contributed by atoms with van der Waals surface area (Å²) in [6.45, 7) is 1.80. The zero-order valence-corrected chi connectivity index (χ0v) is 15.1. The molecular weight excluding hydrogens is 346 g/mol. The van der Waals surface area contributed by atoms with Gasteiger partial charge in [0, 0.05) is 12.1 Å². The van der Waals surface area contributed by atoms with E-state index < -0.39 is 5.97 Å². The smallest absolute Gasteiger partial charge is 0.337 e. The Bertz CT molecular complexity index is 861. The van der Waals surface area contributed by atoms with Gasteiger partial charge in [-0.05, 0) is 54.8 Å². The van der Waals surface area contributed by atoms with Crippen LogP contribution in [0.25, 0.3) is 0 Å². The molecule has 27 heavy (non-hydrogen) atoms. The SMILES string of the molecule is COC(=O)c1ccc(C(=O)N2CCC[C@@H]2c2ccc3c(c2)OCCO3)cc1. The Labute approximate surface area is 157 Å². The lowest BCUT2D eigenvalue weighted by Gasteiger charge is -2.27. The highest BCUT2D eigenvalue weighted by molar-refractivity contribution is 5.96. The summed E-state index contributed by atoms with van der Waals surface area (Å²) in [4.78, 5) is 26.5. The summed E-state index contributed by atoms with van der Waals surface area (Å²) in [5.41, 5.74) is 2.04. The molecule has 140 valence electrons. The predicted molar refractivity (Wildman–Crippen MR) is 98.2 cm³/mol. The van der Waals surface area contributed by atoms with E-state index in [9.17, 15) is 9.59 Å². The molecule has 0 unspecified atom stereocenters. The maximum Gasteiger partial charge on any atom is 0.337 e. The Kier molecular flexibility index (Phi) is 4.71. The van der Waals surface area contributed by atoms with E-state index in [4.69, 9.17) is 14.2 Å². The Morgan fingerprint density at radius 2 is 1.70 bits per heavy atom. The molecule has 0 bridgehead atoms. The summed E-state index contributed by atoms with van der Waals surface area (Å²) >= 11 is 0. The van der Waals surface area contributed by atoms with Crippen molar-refractivity contribution in [3.63, 3.8) is 0 Å². The minimum absolute atomic E-state index is 0.00797. The van der Waals surface area contributed by atoms with E-state index >= 15 is 0 Å². The minimum Gasteiger partial charge on any atom is -0.486 e. The van der Waals surface area contributed by atoms with Crippen LogP contribution in [0.15, 0.2) is 42.5 Å². The topological polar surface area (TPSA) is 65.1 Å². The van der Waals surface area contributed by atoms with Crippen molar-refractivity contribution in [1.29, 1.82) is 0 Å². The fourth-order valence-electron chi connectivity index (χ4n) is 3.66. The van der Waals surface area contributed by atoms with Crippen LogP contribution in [0.5, 0.6) is 11.5 Å². The van der Waals surface area contributed by atoms with Crippen LogP contribution in [0.4, 0.5) is 0 Å². The first-order chi connectivity index (χ1) is 13.2. The number of benzene rings is 2. The predicted octanol–water partition coefficient (Wildman–Crippen LogP) is 3.22. The number of methoxy groups -OCH3 is 1. The molecule has 1 fully saturated rings. The molecule has 2 aliphatic heterocycles. The lowest BCUT2D eigenvalue weighted by molar-refractivity contribution is 0.0599. The van der Waals surface area contributed by atoms with E-state index in [1.807, 2.05) is 23.1 Å². The molecule has 0 aliphatic carbocycles. The van der Waals surface area contributed by atoms with Gasteiger partial charge in [0.25, 0.3) is 5.91 Å². The molecule has 2 aromatic rings. The molecule has 2 aliphatic rings. The van der Waals surface area contributed by atoms with Crippen LogP contribution in [-0.4, -0.2) is 43.6 Å². The van der Waals surface area contributed by atoms with E-state index in [1.54, 1.807) is 24.3 Å². The first-order valence-electron chi connectivity index (χ1n) is 9.06. The quantitative estimate of drug-likeness (QED) is 0.780. The molecule has 1 amide bonds. The molecule has 0 radical (unpaired) electrons. The average molecular weight is 367 g/mol. The summed E-state index contributed by atoms with van der Waals surface area (Å²) in [5.74, 6) is 1.04. The number of ether oxygens (including phenoxy) is 3. The number of carbonyl (C=O) groups is 2. The number of rotatable bonds is 3. The third-order valence-electron chi connectivity index (χ3n) is 5.02. The lowest BCUT2D eigenvalue weighted by atomic mass is 10.0. The van der Waals surface area contributed by atoms with E-state index in [2.05, 4.69) is 0 Å². The van der Waals surface area contributed by atoms with Gasteiger partial charge < -0.3 is 19.1 Å². The van der Waals surface area contributed by atoms with Crippen LogP contribution in [0.1, 0.15) is 45.2 Å². The Morgan fingerprint density at radius 3 is 2.44 bits per heavy atom. The van der Waals surface area contributed by atoms with Crippen molar-refractivity contribution in [2.45, 2.75) is 18.9 Å². The maximum atomic E-state index is 13.0. The Hall–Kier alpha value is -3.02. The number of hydrogen-bond donors (Lipinski definition) is 0. The zero-order valence-electron chi connectivity index (χ0n) is 15.1. The summed E-state index contributed by atoms with van der Waals surface area (Å²) in [5, 5.41) is 0. The lowest BCUT2D eigenvalue weighted by Crippen LogP contribution is -2.30. The largest absolute Gasteiger partial charge is 0.486 e. The minimum atomic E-state index is -0.413. The van der Waals surface area contributed by atoms with Gasteiger partial charge in [0.2, 0.25) is 0 Å². The first-order valence-corrected chi connectivity index (χ1v) is 9.06. The number of carbonyl (C=O) groups excluding carboxylic acids is 2. The zero-order chi connectivity index (χ0) is 18.8. The summed E-state index contributed by atoms with van der Waals surface area (Å²) in [7, 11) is 1.34. The maximum absolute atomic E-state index is 13.0. The van der Waals surface area contributed by atoms with E-state index in [0.717, 1.165) is 29.9 Å². The second-order valence-electron chi connectivity index (χ2n) is 6.63. The molecule has 0 aromatic heterocycles. The number of esters is 1. The highest BCUT2D eigenvalue weighted by Gasteiger charge is 2.31. The highest BCUT2D eigenvalue weighted by Crippen LogP contribution is 2.38. The molecule has 1 saturated heterocycles. The van der Waals surface area contributed by atoms with Crippen LogP contribution < -0.4 is 9.47 Å². The Balaban J connectivity index is 1.56. The second kappa shape index (κ2) is 7.31. The second-order valence-corrected chi connectivity index (χ2v) is 6.63. The molecule has 2 heterocycles. The van der Waals surface area contributed by atoms with Crippen molar-refractivity contribution in [2.24, 2.45) is 0 Å². The summed E-state index contributed by atoms with van der Waals surface area (Å²) in [6, 6.07) is 12.5. The summed E-state index contributed by atoms with van der Waals surface area (Å²) in [6.07, 6.45) is 1.86. The van der Waals surface area contributed by atoms with Crippen LogP contribution in [0.2, 0.25) is 0 Å². The van der Waals surface area contributed by atoms with Crippen molar-refractivity contribution < 1.29 is 23.8 Å². The van der Waals surface area contributed by atoms with E-state index in [-0.39, 0.29) is 11.9 Å². The van der Waals surface area contributed by atoms with Crippen molar-refractivity contribution >= 4 is 11.9 Å². The average Bonchev–Trinajstić information content (AvgIpc) is 3.22. The number of likely N-dealkylation sites (tertiary alicyclic amines) is 1. The molecule has 0 spiro atoms. The van der Waals surface area contributed by atoms with Crippen LogP contribution in [0.3, 0.4) is 0 Å². The Morgan fingerprint density at radius 1 is 1.00 bits per heavy atom. The van der Waals surface area contributed by atoms with Crippen LogP contribution in [0, 0.1) is 0 Å².